The van der Waals surface area contributed by atoms with Crippen molar-refractivity contribution in [1.29, 1.82) is 0 Å². The lowest BCUT2D eigenvalue weighted by Crippen LogP contribution is -2.59. The minimum atomic E-state index is -0.457. The van der Waals surface area contributed by atoms with Crippen LogP contribution in [0, 0.1) is 5.92 Å². The number of carbonyl (C=O) groups excluding carboxylic acids is 2. The maximum absolute atomic E-state index is 12.0. The van der Waals surface area contributed by atoms with Gasteiger partial charge >= 0.3 is 0 Å². The molecule has 5 heteroatoms. The van der Waals surface area contributed by atoms with Gasteiger partial charge in [0.15, 0.2) is 0 Å². The van der Waals surface area contributed by atoms with Gasteiger partial charge in [0.1, 0.15) is 6.04 Å². The molecule has 16 heavy (non-hydrogen) atoms. The van der Waals surface area contributed by atoms with Crippen molar-refractivity contribution in [2.24, 2.45) is 11.7 Å². The number of rotatable bonds is 3. The van der Waals surface area contributed by atoms with E-state index in [1.165, 1.54) is 6.42 Å². The first-order valence-corrected chi connectivity index (χ1v) is 5.98. The number of nitrogens with two attached hydrogens (primary N) is 1. The normalized spacial score (nSPS) is 26.2. The van der Waals surface area contributed by atoms with Crippen LogP contribution in [-0.4, -0.2) is 42.4 Å². The molecule has 0 aromatic carbocycles. The lowest BCUT2D eigenvalue weighted by molar-refractivity contribution is -0.141. The summed E-state index contributed by atoms with van der Waals surface area (Å²) in [7, 11) is 0. The molecule has 2 amide bonds. The molecule has 2 rings (SSSR count). The quantitative estimate of drug-likeness (QED) is 0.677. The fourth-order valence-electron chi connectivity index (χ4n) is 2.32. The molecule has 0 radical (unpaired) electrons. The van der Waals surface area contributed by atoms with Crippen molar-refractivity contribution in [3.05, 3.63) is 0 Å². The van der Waals surface area contributed by atoms with Gasteiger partial charge in [-0.15, -0.1) is 0 Å². The highest BCUT2D eigenvalue weighted by atomic mass is 16.2. The van der Waals surface area contributed by atoms with E-state index in [-0.39, 0.29) is 5.91 Å². The molecular weight excluding hydrogens is 206 g/mol. The number of nitrogens with one attached hydrogen (secondary N) is 1. The minimum Gasteiger partial charge on any atom is -0.368 e. The predicted octanol–water partition coefficient (Wildman–Crippen LogP) is -0.538. The molecule has 2 aliphatic rings. The van der Waals surface area contributed by atoms with Crippen LogP contribution in [0.3, 0.4) is 0 Å². The Labute approximate surface area is 95.3 Å². The Morgan fingerprint density at radius 1 is 1.38 bits per heavy atom. The van der Waals surface area contributed by atoms with Gasteiger partial charge in [0.2, 0.25) is 11.8 Å². The fourth-order valence-corrected chi connectivity index (χ4v) is 2.32. The summed E-state index contributed by atoms with van der Waals surface area (Å²) in [5.41, 5.74) is 5.30. The van der Waals surface area contributed by atoms with Gasteiger partial charge in [-0.1, -0.05) is 6.42 Å². The van der Waals surface area contributed by atoms with E-state index in [2.05, 4.69) is 5.32 Å². The molecule has 1 aliphatic heterocycles. The number of nitrogens with zero attached hydrogens (tertiary/aromatic N) is 1. The summed E-state index contributed by atoms with van der Waals surface area (Å²) >= 11 is 0. The van der Waals surface area contributed by atoms with Crippen LogP contribution in [0.4, 0.5) is 0 Å². The second-order valence-corrected chi connectivity index (χ2v) is 4.71. The molecule has 0 aromatic rings. The molecule has 0 aromatic heterocycles. The first-order chi connectivity index (χ1) is 7.68. The summed E-state index contributed by atoms with van der Waals surface area (Å²) in [6, 6.07) is -0.457. The van der Waals surface area contributed by atoms with Crippen LogP contribution in [0.25, 0.3) is 0 Å². The molecule has 1 aliphatic carbocycles. The lowest BCUT2D eigenvalue weighted by atomic mass is 9.82. The van der Waals surface area contributed by atoms with E-state index in [4.69, 9.17) is 5.73 Å². The van der Waals surface area contributed by atoms with Gasteiger partial charge in [0.05, 0.1) is 0 Å². The summed E-state index contributed by atoms with van der Waals surface area (Å²) in [4.78, 5) is 24.9. The zero-order valence-corrected chi connectivity index (χ0v) is 9.45. The molecule has 1 unspecified atom stereocenters. The zero-order valence-electron chi connectivity index (χ0n) is 9.45. The summed E-state index contributed by atoms with van der Waals surface area (Å²) in [6.45, 7) is 1.84. The topological polar surface area (TPSA) is 75.4 Å². The van der Waals surface area contributed by atoms with E-state index >= 15 is 0 Å². The molecule has 1 saturated carbocycles. The van der Waals surface area contributed by atoms with Crippen LogP contribution in [0.15, 0.2) is 0 Å². The fraction of sp³-hybridized carbons (Fsp3) is 0.818. The summed E-state index contributed by atoms with van der Waals surface area (Å²) in [6.07, 6.45) is 4.13. The number of piperazine rings is 1. The van der Waals surface area contributed by atoms with Gasteiger partial charge < -0.3 is 16.0 Å². The second-order valence-electron chi connectivity index (χ2n) is 4.71. The van der Waals surface area contributed by atoms with Crippen LogP contribution in [-0.2, 0) is 9.59 Å². The number of hydrogen-bond donors (Lipinski definition) is 2. The van der Waals surface area contributed by atoms with Crippen molar-refractivity contribution in [3.8, 4) is 0 Å². The number of amides is 2. The van der Waals surface area contributed by atoms with Crippen molar-refractivity contribution in [2.45, 2.75) is 31.7 Å². The van der Waals surface area contributed by atoms with E-state index in [0.717, 1.165) is 19.4 Å². The number of hydrogen-bond acceptors (Lipinski definition) is 3. The van der Waals surface area contributed by atoms with Crippen LogP contribution < -0.4 is 11.1 Å². The third-order valence-corrected chi connectivity index (χ3v) is 3.58. The number of carbonyl (C=O) groups is 2. The van der Waals surface area contributed by atoms with Crippen LogP contribution in [0.2, 0.25) is 0 Å². The van der Waals surface area contributed by atoms with E-state index < -0.39 is 11.9 Å². The average Bonchev–Trinajstić information content (AvgIpc) is 2.23. The molecule has 0 bridgehead atoms. The van der Waals surface area contributed by atoms with Crippen molar-refractivity contribution in [1.82, 2.24) is 10.2 Å². The van der Waals surface area contributed by atoms with Gasteiger partial charge in [-0.2, -0.15) is 0 Å². The molecule has 2 fully saturated rings. The van der Waals surface area contributed by atoms with Crippen molar-refractivity contribution in [2.75, 3.05) is 19.6 Å². The Kier molecular flexibility index (Phi) is 3.43. The van der Waals surface area contributed by atoms with Crippen LogP contribution >= 0.6 is 0 Å². The predicted molar refractivity (Wildman–Crippen MR) is 59.5 cm³/mol. The van der Waals surface area contributed by atoms with Gasteiger partial charge in [-0.25, -0.2) is 0 Å². The van der Waals surface area contributed by atoms with E-state index in [1.807, 2.05) is 0 Å². The SMILES string of the molecule is NC(=O)C1CNCCN1C(=O)CC1CCC1. The summed E-state index contributed by atoms with van der Waals surface area (Å²) in [5.74, 6) is 0.222. The Morgan fingerprint density at radius 2 is 2.12 bits per heavy atom. The number of primary amides is 1. The molecule has 1 heterocycles. The molecular formula is C11H19N3O2. The van der Waals surface area contributed by atoms with Gasteiger partial charge in [-0.05, 0) is 18.8 Å². The second kappa shape index (κ2) is 4.82. The Morgan fingerprint density at radius 3 is 2.69 bits per heavy atom. The van der Waals surface area contributed by atoms with Gasteiger partial charge in [0, 0.05) is 26.1 Å². The molecule has 0 spiro atoms. The van der Waals surface area contributed by atoms with E-state index in [1.54, 1.807) is 4.90 Å². The van der Waals surface area contributed by atoms with Crippen LogP contribution in [0.1, 0.15) is 25.7 Å². The lowest BCUT2D eigenvalue weighted by Gasteiger charge is -2.36. The standard InChI is InChI=1S/C11H19N3O2/c12-11(16)9-7-13-4-5-14(9)10(15)6-8-2-1-3-8/h8-9,13H,1-7H2,(H2,12,16). The molecule has 1 saturated heterocycles. The minimum absolute atomic E-state index is 0.0926. The van der Waals surface area contributed by atoms with E-state index in [0.29, 0.717) is 25.4 Å². The van der Waals surface area contributed by atoms with Gasteiger partial charge in [0.25, 0.3) is 0 Å². The molecule has 90 valence electrons. The van der Waals surface area contributed by atoms with E-state index in [9.17, 15) is 9.59 Å². The summed E-state index contributed by atoms with van der Waals surface area (Å²) in [5, 5.41) is 3.09. The highest BCUT2D eigenvalue weighted by Gasteiger charge is 2.32. The maximum atomic E-state index is 12.0. The summed E-state index contributed by atoms with van der Waals surface area (Å²) < 4.78 is 0. The Bertz CT molecular complexity index is 289. The molecule has 3 N–H and O–H groups in total. The average molecular weight is 225 g/mol. The third kappa shape index (κ3) is 2.35. The third-order valence-electron chi connectivity index (χ3n) is 3.58. The zero-order chi connectivity index (χ0) is 11.5. The highest BCUT2D eigenvalue weighted by Crippen LogP contribution is 2.30. The largest absolute Gasteiger partial charge is 0.368 e. The van der Waals surface area contributed by atoms with Gasteiger partial charge in [-0.3, -0.25) is 9.59 Å². The Hall–Kier alpha value is -1.10. The van der Waals surface area contributed by atoms with Crippen LogP contribution in [0.5, 0.6) is 0 Å². The Balaban J connectivity index is 1.93. The highest BCUT2D eigenvalue weighted by molar-refractivity contribution is 5.87. The first kappa shape index (κ1) is 11.4. The maximum Gasteiger partial charge on any atom is 0.241 e. The first-order valence-electron chi connectivity index (χ1n) is 5.98. The van der Waals surface area contributed by atoms with Crippen molar-refractivity contribution < 1.29 is 9.59 Å². The molecule has 1 atom stereocenters. The van der Waals surface area contributed by atoms with Crippen molar-refractivity contribution >= 4 is 11.8 Å². The monoisotopic (exact) mass is 225 g/mol. The van der Waals surface area contributed by atoms with Crippen molar-refractivity contribution in [3.63, 3.8) is 0 Å². The molecule has 5 nitrogen and oxygen atoms in total. The smallest absolute Gasteiger partial charge is 0.241 e.